The molecular weight excluding hydrogens is 382 g/mol. The third kappa shape index (κ3) is 3.14. The fourth-order valence-corrected chi connectivity index (χ4v) is 3.73. The van der Waals surface area contributed by atoms with Crippen LogP contribution >= 0.6 is 11.3 Å². The van der Waals surface area contributed by atoms with Crippen LogP contribution in [0.15, 0.2) is 53.3 Å². The van der Waals surface area contributed by atoms with Gasteiger partial charge < -0.3 is 19.1 Å². The van der Waals surface area contributed by atoms with Gasteiger partial charge in [0.05, 0.1) is 32.1 Å². The number of hydrogen-bond acceptors (Lipinski definition) is 8. The lowest BCUT2D eigenvalue weighted by molar-refractivity contribution is -0.140. The Kier molecular flexibility index (Phi) is 4.84. The van der Waals surface area contributed by atoms with Crippen LogP contribution in [0.1, 0.15) is 0 Å². The summed E-state index contributed by atoms with van der Waals surface area (Å²) in [5.74, 6) is -1.25. The first kappa shape index (κ1) is 18.2. The number of methoxy groups -OCH3 is 2. The molecule has 0 amide bonds. The molecule has 0 saturated heterocycles. The molecule has 1 aliphatic heterocycles. The van der Waals surface area contributed by atoms with E-state index in [9.17, 15) is 9.59 Å². The number of thiazole rings is 1. The third-order valence-corrected chi connectivity index (χ3v) is 5.17. The first-order valence-corrected chi connectivity index (χ1v) is 9.28. The van der Waals surface area contributed by atoms with E-state index in [4.69, 9.17) is 14.2 Å². The Morgan fingerprint density at radius 3 is 2.57 bits per heavy atom. The molecule has 144 valence electrons. The molecule has 9 heteroatoms. The average Bonchev–Trinajstić information content (AvgIpc) is 3.34. The second kappa shape index (κ2) is 7.45. The molecule has 0 aliphatic carbocycles. The van der Waals surface area contributed by atoms with Crippen LogP contribution in [0.2, 0.25) is 0 Å². The van der Waals surface area contributed by atoms with Gasteiger partial charge in [0.25, 0.3) is 0 Å². The predicted octanol–water partition coefficient (Wildman–Crippen LogP) is 2.46. The monoisotopic (exact) mass is 399 g/mol. The van der Waals surface area contributed by atoms with Crippen molar-refractivity contribution in [2.75, 3.05) is 32.5 Å². The van der Waals surface area contributed by atoms with E-state index in [-0.39, 0.29) is 24.6 Å². The minimum Gasteiger partial charge on any atom is -0.466 e. The van der Waals surface area contributed by atoms with E-state index in [2.05, 4.69) is 4.98 Å². The van der Waals surface area contributed by atoms with Gasteiger partial charge in [-0.1, -0.05) is 12.1 Å². The van der Waals surface area contributed by atoms with Crippen molar-refractivity contribution in [2.45, 2.75) is 0 Å². The second-order valence-corrected chi connectivity index (χ2v) is 6.85. The summed E-state index contributed by atoms with van der Waals surface area (Å²) in [5, 5.41) is 1.98. The van der Waals surface area contributed by atoms with Crippen molar-refractivity contribution in [3.63, 3.8) is 0 Å². The van der Waals surface area contributed by atoms with E-state index in [0.29, 0.717) is 5.69 Å². The first-order chi connectivity index (χ1) is 13.6. The zero-order chi connectivity index (χ0) is 19.7. The lowest BCUT2D eigenvalue weighted by atomic mass is 10.1. The topological polar surface area (TPSA) is 82.4 Å². The third-order valence-electron chi connectivity index (χ3n) is 4.40. The number of benzene rings is 1. The molecule has 4 rings (SSSR count). The number of aromatic nitrogens is 2. The minimum absolute atomic E-state index is 0.0168. The average molecular weight is 399 g/mol. The molecule has 0 spiro atoms. The first-order valence-electron chi connectivity index (χ1n) is 8.40. The Morgan fingerprint density at radius 1 is 1.14 bits per heavy atom. The van der Waals surface area contributed by atoms with Crippen molar-refractivity contribution >= 4 is 33.9 Å². The maximum atomic E-state index is 12.3. The molecule has 0 N–H and O–H groups in total. The fraction of sp³-hybridized carbons (Fsp3) is 0.211. The number of hydrogen-bond donors (Lipinski definition) is 0. The van der Waals surface area contributed by atoms with E-state index in [1.165, 1.54) is 14.2 Å². The van der Waals surface area contributed by atoms with E-state index in [1.54, 1.807) is 16.2 Å². The van der Waals surface area contributed by atoms with Gasteiger partial charge in [0.2, 0.25) is 0 Å². The second-order valence-electron chi connectivity index (χ2n) is 5.98. The minimum atomic E-state index is -0.625. The largest absolute Gasteiger partial charge is 0.466 e. The van der Waals surface area contributed by atoms with E-state index < -0.39 is 11.9 Å². The molecule has 8 nitrogen and oxygen atoms in total. The van der Waals surface area contributed by atoms with Crippen molar-refractivity contribution in [3.05, 3.63) is 53.3 Å². The zero-order valence-electron chi connectivity index (χ0n) is 15.2. The van der Waals surface area contributed by atoms with Gasteiger partial charge in [-0.25, -0.2) is 14.6 Å². The Balaban J connectivity index is 1.69. The van der Waals surface area contributed by atoms with Crippen LogP contribution < -0.4 is 4.90 Å². The number of anilines is 1. The maximum Gasteiger partial charge on any atom is 0.355 e. The van der Waals surface area contributed by atoms with Crippen LogP contribution in [0.5, 0.6) is 0 Å². The Bertz CT molecular complexity index is 1040. The lowest BCUT2D eigenvalue weighted by Gasteiger charge is -2.31. The summed E-state index contributed by atoms with van der Waals surface area (Å²) in [5.41, 5.74) is 2.72. The maximum absolute atomic E-state index is 12.3. The van der Waals surface area contributed by atoms with Gasteiger partial charge in [0.1, 0.15) is 12.4 Å². The molecule has 0 fully saturated rings. The summed E-state index contributed by atoms with van der Waals surface area (Å²) in [7, 11) is 2.53. The summed E-state index contributed by atoms with van der Waals surface area (Å²) in [6, 6.07) is 7.50. The normalized spacial score (nSPS) is 14.4. The number of rotatable bonds is 4. The van der Waals surface area contributed by atoms with E-state index in [1.807, 2.05) is 46.4 Å². The molecule has 0 radical (unpaired) electrons. The number of ether oxygens (including phenoxy) is 3. The zero-order valence-corrected chi connectivity index (χ0v) is 16.1. The molecule has 0 bridgehead atoms. The summed E-state index contributed by atoms with van der Waals surface area (Å²) < 4.78 is 17.1. The number of nitrogens with zero attached hydrogens (tertiary/aromatic N) is 3. The standard InChI is InChI=1S/C19H17N3O5S/c1-25-17(23)14-10-27-11-22(16(14)18(24)26-2)13-5-3-12(4-6-13)15-9-21-7-8-28-19(21)20-15/h3-9H,10-11H2,1-2H3. The number of carbonyl (C=O) groups excluding carboxylic acids is 2. The highest BCUT2D eigenvalue weighted by atomic mass is 32.1. The smallest absolute Gasteiger partial charge is 0.355 e. The molecule has 3 aromatic rings. The fourth-order valence-electron chi connectivity index (χ4n) is 3.03. The van der Waals surface area contributed by atoms with Crippen molar-refractivity contribution in [1.29, 1.82) is 0 Å². The van der Waals surface area contributed by atoms with Crippen LogP contribution in [0.3, 0.4) is 0 Å². The quantitative estimate of drug-likeness (QED) is 0.623. The van der Waals surface area contributed by atoms with Gasteiger partial charge >= 0.3 is 11.9 Å². The number of imidazole rings is 1. The summed E-state index contributed by atoms with van der Waals surface area (Å²) in [6.07, 6.45) is 3.91. The van der Waals surface area contributed by atoms with Crippen LogP contribution in [-0.2, 0) is 23.8 Å². The van der Waals surface area contributed by atoms with Gasteiger partial charge in [0, 0.05) is 29.0 Å². The summed E-state index contributed by atoms with van der Waals surface area (Å²) in [4.78, 5) is 31.5. The van der Waals surface area contributed by atoms with Crippen LogP contribution in [-0.4, -0.2) is 48.9 Å². The van der Waals surface area contributed by atoms with Crippen molar-refractivity contribution < 1.29 is 23.8 Å². The molecule has 0 unspecified atom stereocenters. The predicted molar refractivity (Wildman–Crippen MR) is 103 cm³/mol. The van der Waals surface area contributed by atoms with E-state index in [0.717, 1.165) is 16.2 Å². The molecule has 1 aliphatic rings. The van der Waals surface area contributed by atoms with Crippen LogP contribution in [0.4, 0.5) is 5.69 Å². The molecule has 0 atom stereocenters. The van der Waals surface area contributed by atoms with Crippen LogP contribution in [0, 0.1) is 0 Å². The molecular formula is C19H17N3O5S. The molecule has 1 aromatic carbocycles. The highest BCUT2D eigenvalue weighted by molar-refractivity contribution is 7.15. The van der Waals surface area contributed by atoms with Gasteiger partial charge in [-0.3, -0.25) is 4.40 Å². The van der Waals surface area contributed by atoms with E-state index >= 15 is 0 Å². The van der Waals surface area contributed by atoms with Gasteiger partial charge in [-0.05, 0) is 12.1 Å². The number of carbonyl (C=O) groups is 2. The Labute approximate surface area is 164 Å². The van der Waals surface area contributed by atoms with Crippen molar-refractivity contribution in [3.8, 4) is 11.3 Å². The summed E-state index contributed by atoms with van der Waals surface area (Å²) in [6.45, 7) is 0.0988. The highest BCUT2D eigenvalue weighted by Gasteiger charge is 2.32. The van der Waals surface area contributed by atoms with Crippen molar-refractivity contribution in [1.82, 2.24) is 9.38 Å². The van der Waals surface area contributed by atoms with Gasteiger partial charge in [-0.2, -0.15) is 0 Å². The van der Waals surface area contributed by atoms with Gasteiger partial charge in [0.15, 0.2) is 4.96 Å². The Hall–Kier alpha value is -3.17. The SMILES string of the molecule is COC(=O)C1=C(C(=O)OC)N(c2ccc(-c3cn4ccsc4n3)cc2)COC1. The summed E-state index contributed by atoms with van der Waals surface area (Å²) >= 11 is 1.57. The molecule has 28 heavy (non-hydrogen) atoms. The number of esters is 2. The Morgan fingerprint density at radius 2 is 1.89 bits per heavy atom. The van der Waals surface area contributed by atoms with Crippen LogP contribution in [0.25, 0.3) is 16.2 Å². The molecule has 3 heterocycles. The van der Waals surface area contributed by atoms with Gasteiger partial charge in [-0.15, -0.1) is 11.3 Å². The number of fused-ring (bicyclic) bond motifs is 1. The highest BCUT2D eigenvalue weighted by Crippen LogP contribution is 2.29. The van der Waals surface area contributed by atoms with Crippen molar-refractivity contribution in [2.24, 2.45) is 0 Å². The lowest BCUT2D eigenvalue weighted by Crippen LogP contribution is -2.38. The molecule has 0 saturated carbocycles. The molecule has 2 aromatic heterocycles.